The molecule has 0 aliphatic carbocycles. The number of anilines is 1. The third-order valence-corrected chi connectivity index (χ3v) is 4.95. The molecule has 0 saturated heterocycles. The minimum atomic E-state index is -4.56. The molecule has 0 radical (unpaired) electrons. The Morgan fingerprint density at radius 3 is 2.33 bits per heavy atom. The molecule has 0 spiro atoms. The molecule has 9 heteroatoms. The normalized spacial score (nSPS) is 11.8. The molecule has 0 unspecified atom stereocenters. The van der Waals surface area contributed by atoms with Gasteiger partial charge in [0.05, 0.1) is 23.5 Å². The summed E-state index contributed by atoms with van der Waals surface area (Å²) in [5, 5.41) is 9.74. The number of hydrogen-bond donors (Lipinski definition) is 2. The van der Waals surface area contributed by atoms with Crippen LogP contribution in [0.1, 0.15) is 48.0 Å². The molecule has 1 heterocycles. The van der Waals surface area contributed by atoms with Crippen LogP contribution in [0.25, 0.3) is 5.69 Å². The molecular formula is C24H25F3N4O2. The van der Waals surface area contributed by atoms with Gasteiger partial charge in [-0.25, -0.2) is 4.68 Å². The highest BCUT2D eigenvalue weighted by atomic mass is 19.4. The highest BCUT2D eigenvalue weighted by Crippen LogP contribution is 2.30. The van der Waals surface area contributed by atoms with Crippen LogP contribution in [0.2, 0.25) is 0 Å². The summed E-state index contributed by atoms with van der Waals surface area (Å²) in [5.41, 5.74) is 1.11. The number of benzene rings is 2. The second-order valence-corrected chi connectivity index (χ2v) is 8.67. The van der Waals surface area contributed by atoms with Gasteiger partial charge in [0.2, 0.25) is 5.91 Å². The third kappa shape index (κ3) is 5.79. The molecule has 33 heavy (non-hydrogen) atoms. The second kappa shape index (κ2) is 9.09. The Morgan fingerprint density at radius 2 is 1.70 bits per heavy atom. The van der Waals surface area contributed by atoms with Gasteiger partial charge in [0.25, 0.3) is 5.91 Å². The summed E-state index contributed by atoms with van der Waals surface area (Å²) in [6.45, 7) is 7.50. The smallest absolute Gasteiger partial charge is 0.343 e. The van der Waals surface area contributed by atoms with E-state index in [1.807, 2.05) is 52.0 Å². The van der Waals surface area contributed by atoms with Gasteiger partial charge in [0, 0.05) is 17.0 Å². The molecule has 0 aliphatic heterocycles. The highest BCUT2D eigenvalue weighted by Gasteiger charge is 2.31. The number of amides is 2. The van der Waals surface area contributed by atoms with Crippen molar-refractivity contribution in [3.8, 4) is 5.69 Å². The zero-order valence-electron chi connectivity index (χ0n) is 18.7. The first-order chi connectivity index (χ1) is 15.4. The number of halogens is 3. The lowest BCUT2D eigenvalue weighted by Gasteiger charge is -2.14. The van der Waals surface area contributed by atoms with Crippen molar-refractivity contribution < 1.29 is 22.8 Å². The van der Waals surface area contributed by atoms with E-state index in [9.17, 15) is 22.8 Å². The monoisotopic (exact) mass is 458 g/mol. The molecule has 2 amide bonds. The number of carbonyl (C=O) groups excluding carboxylic acids is 2. The van der Waals surface area contributed by atoms with Gasteiger partial charge in [-0.05, 0) is 36.8 Å². The zero-order chi connectivity index (χ0) is 24.4. The molecule has 6 nitrogen and oxygen atoms in total. The lowest BCUT2D eigenvalue weighted by molar-refractivity contribution is -0.137. The van der Waals surface area contributed by atoms with E-state index in [1.54, 1.807) is 10.7 Å². The van der Waals surface area contributed by atoms with Gasteiger partial charge in [0.1, 0.15) is 5.82 Å². The molecule has 2 aromatic carbocycles. The van der Waals surface area contributed by atoms with Crippen LogP contribution in [-0.4, -0.2) is 28.1 Å². The third-order valence-electron chi connectivity index (χ3n) is 4.95. The predicted molar refractivity (Wildman–Crippen MR) is 119 cm³/mol. The molecule has 0 saturated carbocycles. The summed E-state index contributed by atoms with van der Waals surface area (Å²) < 4.78 is 40.3. The van der Waals surface area contributed by atoms with Crippen LogP contribution in [0.3, 0.4) is 0 Å². The molecule has 0 bridgehead atoms. The van der Waals surface area contributed by atoms with Crippen LogP contribution >= 0.6 is 0 Å². The number of nitrogens with zero attached hydrogens (tertiary/aromatic N) is 2. The molecule has 1 aromatic heterocycles. The van der Waals surface area contributed by atoms with E-state index in [-0.39, 0.29) is 11.0 Å². The Bertz CT molecular complexity index is 1180. The van der Waals surface area contributed by atoms with E-state index in [4.69, 9.17) is 0 Å². The van der Waals surface area contributed by atoms with Gasteiger partial charge in [-0.15, -0.1) is 0 Å². The van der Waals surface area contributed by atoms with Gasteiger partial charge in [0.15, 0.2) is 0 Å². The van der Waals surface area contributed by atoms with Crippen molar-refractivity contribution in [1.82, 2.24) is 15.1 Å². The summed E-state index contributed by atoms with van der Waals surface area (Å²) in [6, 6.07) is 13.3. The first-order valence-corrected chi connectivity index (χ1v) is 10.3. The number of aromatic nitrogens is 2. The van der Waals surface area contributed by atoms with Crippen molar-refractivity contribution in [3.05, 3.63) is 77.0 Å². The molecule has 0 atom stereocenters. The summed E-state index contributed by atoms with van der Waals surface area (Å²) >= 11 is 0. The van der Waals surface area contributed by atoms with Crippen molar-refractivity contribution >= 4 is 17.6 Å². The van der Waals surface area contributed by atoms with Crippen molar-refractivity contribution in [2.75, 3.05) is 11.9 Å². The van der Waals surface area contributed by atoms with Crippen molar-refractivity contribution in [1.29, 1.82) is 0 Å². The van der Waals surface area contributed by atoms with Crippen LogP contribution < -0.4 is 10.6 Å². The fraction of sp³-hybridized carbons (Fsp3) is 0.292. The van der Waals surface area contributed by atoms with Crippen LogP contribution in [0, 0.1) is 6.92 Å². The molecule has 3 aromatic rings. The molecule has 3 rings (SSSR count). The van der Waals surface area contributed by atoms with Gasteiger partial charge >= 0.3 is 6.18 Å². The number of hydrogen-bond acceptors (Lipinski definition) is 3. The average Bonchev–Trinajstić information content (AvgIpc) is 3.16. The fourth-order valence-electron chi connectivity index (χ4n) is 3.11. The topological polar surface area (TPSA) is 76.0 Å². The first-order valence-electron chi connectivity index (χ1n) is 10.3. The van der Waals surface area contributed by atoms with Crippen LogP contribution in [0.15, 0.2) is 54.6 Å². The number of aryl methyl sites for hydroxylation is 1. The standard InChI is InChI=1S/C24H25F3N4O2/c1-15-8-5-6-11-18(15)31-20(13-19(30-31)23(2,3)4)29-21(32)14-28-22(33)16-9-7-10-17(12-16)24(25,26)27/h5-13H,14H2,1-4H3,(H,28,33)(H,29,32). The van der Waals surface area contributed by atoms with Crippen molar-refractivity contribution in [2.45, 2.75) is 39.3 Å². The Hall–Kier alpha value is -3.62. The summed E-state index contributed by atoms with van der Waals surface area (Å²) in [7, 11) is 0. The largest absolute Gasteiger partial charge is 0.416 e. The van der Waals surface area contributed by atoms with E-state index in [0.29, 0.717) is 5.82 Å². The summed E-state index contributed by atoms with van der Waals surface area (Å²) in [6.07, 6.45) is -4.56. The first kappa shape index (κ1) is 24.0. The average molecular weight is 458 g/mol. The molecular weight excluding hydrogens is 433 g/mol. The van der Waals surface area contributed by atoms with Gasteiger partial charge < -0.3 is 10.6 Å². The summed E-state index contributed by atoms with van der Waals surface area (Å²) in [5.74, 6) is -0.892. The quantitative estimate of drug-likeness (QED) is 0.573. The number of alkyl halides is 3. The Balaban J connectivity index is 1.76. The van der Waals surface area contributed by atoms with Gasteiger partial charge in [-0.3, -0.25) is 9.59 Å². The SMILES string of the molecule is Cc1ccccc1-n1nc(C(C)(C)C)cc1NC(=O)CNC(=O)c1cccc(C(F)(F)F)c1. The molecule has 0 aliphatic rings. The fourth-order valence-corrected chi connectivity index (χ4v) is 3.11. The Morgan fingerprint density at radius 1 is 1.00 bits per heavy atom. The van der Waals surface area contributed by atoms with Crippen LogP contribution in [0.4, 0.5) is 19.0 Å². The summed E-state index contributed by atoms with van der Waals surface area (Å²) in [4.78, 5) is 24.8. The van der Waals surface area contributed by atoms with Crippen LogP contribution in [0.5, 0.6) is 0 Å². The van der Waals surface area contributed by atoms with Crippen LogP contribution in [-0.2, 0) is 16.4 Å². The number of para-hydroxylation sites is 1. The van der Waals surface area contributed by atoms with E-state index in [0.717, 1.165) is 35.1 Å². The minimum Gasteiger partial charge on any atom is -0.343 e. The van der Waals surface area contributed by atoms with Gasteiger partial charge in [-0.1, -0.05) is 45.0 Å². The van der Waals surface area contributed by atoms with E-state index >= 15 is 0 Å². The lowest BCUT2D eigenvalue weighted by Crippen LogP contribution is -2.33. The van der Waals surface area contributed by atoms with Crippen molar-refractivity contribution in [3.63, 3.8) is 0 Å². The highest BCUT2D eigenvalue weighted by molar-refractivity contribution is 5.99. The second-order valence-electron chi connectivity index (χ2n) is 8.67. The Labute approximate surface area is 189 Å². The Kier molecular flexibility index (Phi) is 6.62. The predicted octanol–water partition coefficient (Wildman–Crippen LogP) is 4.87. The minimum absolute atomic E-state index is 0.183. The number of rotatable bonds is 5. The maximum absolute atomic E-state index is 12.9. The molecule has 0 fully saturated rings. The maximum atomic E-state index is 12.9. The van der Waals surface area contributed by atoms with Crippen molar-refractivity contribution in [2.24, 2.45) is 0 Å². The number of nitrogens with one attached hydrogen (secondary N) is 2. The van der Waals surface area contributed by atoms with Gasteiger partial charge in [-0.2, -0.15) is 18.3 Å². The molecule has 174 valence electrons. The zero-order valence-corrected chi connectivity index (χ0v) is 18.7. The lowest BCUT2D eigenvalue weighted by atomic mass is 9.92. The molecule has 2 N–H and O–H groups in total. The number of carbonyl (C=O) groups is 2. The van der Waals surface area contributed by atoms with E-state index in [1.165, 1.54) is 6.07 Å². The van der Waals surface area contributed by atoms with E-state index < -0.39 is 30.1 Å². The maximum Gasteiger partial charge on any atom is 0.416 e. The van der Waals surface area contributed by atoms with E-state index in [2.05, 4.69) is 15.7 Å².